The largest absolute Gasteiger partial charge is 0.351 e. The van der Waals surface area contributed by atoms with Gasteiger partial charge in [-0.15, -0.1) is 0 Å². The first-order chi connectivity index (χ1) is 12.3. The third-order valence-corrected chi connectivity index (χ3v) is 4.72. The Hall–Kier alpha value is -2.66. The Morgan fingerprint density at radius 1 is 1.20 bits per heavy atom. The molecule has 5 heteroatoms. The molecule has 0 spiro atoms. The number of aromatic nitrogens is 2. The van der Waals surface area contributed by atoms with Crippen molar-refractivity contribution in [1.29, 1.82) is 0 Å². The third kappa shape index (κ3) is 3.56. The SMILES string of the molecule is O=C(NCc1cccc(Cn2cnc3ccccc32)c1)[C@@H]1CCCN1. The van der Waals surface area contributed by atoms with E-state index in [-0.39, 0.29) is 11.9 Å². The maximum Gasteiger partial charge on any atom is 0.237 e. The first kappa shape index (κ1) is 15.8. The quantitative estimate of drug-likeness (QED) is 0.753. The lowest BCUT2D eigenvalue weighted by atomic mass is 10.1. The zero-order valence-electron chi connectivity index (χ0n) is 14.1. The standard InChI is InChI=1S/C20H22N4O/c25-20(18-8-4-10-21-18)22-12-15-5-3-6-16(11-15)13-24-14-23-17-7-1-2-9-19(17)24/h1-3,5-7,9,11,14,18,21H,4,8,10,12-13H2,(H,22,25)/t18-/m0/s1. The molecule has 0 aliphatic carbocycles. The number of carbonyl (C=O) groups excluding carboxylic acids is 1. The van der Waals surface area contributed by atoms with Crippen LogP contribution in [-0.4, -0.2) is 28.0 Å². The average Bonchev–Trinajstić information content (AvgIpc) is 3.31. The number of carbonyl (C=O) groups is 1. The summed E-state index contributed by atoms with van der Waals surface area (Å²) in [6.45, 7) is 2.27. The van der Waals surface area contributed by atoms with Gasteiger partial charge in [-0.25, -0.2) is 4.98 Å². The molecule has 1 fully saturated rings. The lowest BCUT2D eigenvalue weighted by Crippen LogP contribution is -2.40. The van der Waals surface area contributed by atoms with Crippen molar-refractivity contribution in [2.24, 2.45) is 0 Å². The highest BCUT2D eigenvalue weighted by Crippen LogP contribution is 2.15. The van der Waals surface area contributed by atoms with Gasteiger partial charge in [-0.2, -0.15) is 0 Å². The summed E-state index contributed by atoms with van der Waals surface area (Å²) < 4.78 is 2.15. The van der Waals surface area contributed by atoms with E-state index in [0.29, 0.717) is 6.54 Å². The van der Waals surface area contributed by atoms with Crippen molar-refractivity contribution in [3.8, 4) is 0 Å². The van der Waals surface area contributed by atoms with E-state index in [2.05, 4.69) is 44.5 Å². The molecule has 2 N–H and O–H groups in total. The highest BCUT2D eigenvalue weighted by atomic mass is 16.2. The number of benzene rings is 2. The minimum atomic E-state index is -0.0273. The summed E-state index contributed by atoms with van der Waals surface area (Å²) in [6, 6.07) is 16.5. The van der Waals surface area contributed by atoms with Gasteiger partial charge >= 0.3 is 0 Å². The van der Waals surface area contributed by atoms with E-state index in [1.165, 1.54) is 5.56 Å². The first-order valence-corrected chi connectivity index (χ1v) is 8.78. The number of hydrogen-bond acceptors (Lipinski definition) is 3. The molecule has 2 heterocycles. The monoisotopic (exact) mass is 334 g/mol. The normalized spacial score (nSPS) is 17.0. The molecule has 1 aliphatic heterocycles. The average molecular weight is 334 g/mol. The fourth-order valence-corrected chi connectivity index (χ4v) is 3.39. The molecule has 5 nitrogen and oxygen atoms in total. The molecule has 1 aliphatic rings. The van der Waals surface area contributed by atoms with Crippen LogP contribution in [0.2, 0.25) is 0 Å². The van der Waals surface area contributed by atoms with Crippen molar-refractivity contribution in [3.63, 3.8) is 0 Å². The van der Waals surface area contributed by atoms with Gasteiger partial charge in [0.2, 0.25) is 5.91 Å². The van der Waals surface area contributed by atoms with Gasteiger partial charge in [0.25, 0.3) is 0 Å². The predicted molar refractivity (Wildman–Crippen MR) is 98.1 cm³/mol. The Morgan fingerprint density at radius 3 is 2.96 bits per heavy atom. The summed E-state index contributed by atoms with van der Waals surface area (Å²) in [5.74, 6) is 0.100. The molecule has 128 valence electrons. The van der Waals surface area contributed by atoms with E-state index in [1.54, 1.807) is 0 Å². The van der Waals surface area contributed by atoms with Crippen LogP contribution in [0, 0.1) is 0 Å². The molecule has 1 aromatic heterocycles. The van der Waals surface area contributed by atoms with Crippen molar-refractivity contribution in [2.75, 3.05) is 6.54 Å². The van der Waals surface area contributed by atoms with Gasteiger partial charge < -0.3 is 15.2 Å². The molecule has 2 aromatic carbocycles. The number of fused-ring (bicyclic) bond motifs is 1. The maximum atomic E-state index is 12.1. The van der Waals surface area contributed by atoms with E-state index in [1.807, 2.05) is 30.6 Å². The Balaban J connectivity index is 1.43. The smallest absolute Gasteiger partial charge is 0.237 e. The number of hydrogen-bond donors (Lipinski definition) is 2. The Bertz CT molecular complexity index is 880. The lowest BCUT2D eigenvalue weighted by molar-refractivity contribution is -0.122. The third-order valence-electron chi connectivity index (χ3n) is 4.72. The van der Waals surface area contributed by atoms with Crippen LogP contribution in [0.1, 0.15) is 24.0 Å². The molecule has 0 radical (unpaired) electrons. The number of nitrogens with zero attached hydrogens (tertiary/aromatic N) is 2. The zero-order chi connectivity index (χ0) is 17.1. The van der Waals surface area contributed by atoms with Crippen molar-refractivity contribution in [2.45, 2.75) is 32.0 Å². The van der Waals surface area contributed by atoms with Crippen molar-refractivity contribution in [3.05, 3.63) is 66.0 Å². The molecule has 1 atom stereocenters. The van der Waals surface area contributed by atoms with Crippen LogP contribution < -0.4 is 10.6 Å². The fourth-order valence-electron chi connectivity index (χ4n) is 3.39. The summed E-state index contributed by atoms with van der Waals surface area (Å²) in [7, 11) is 0. The predicted octanol–water partition coefficient (Wildman–Crippen LogP) is 2.45. The molecular formula is C20H22N4O. The van der Waals surface area contributed by atoms with Crippen LogP contribution >= 0.6 is 0 Å². The van der Waals surface area contributed by atoms with Gasteiger partial charge in [-0.3, -0.25) is 4.79 Å². The van der Waals surface area contributed by atoms with Gasteiger partial charge in [0.1, 0.15) is 0 Å². The zero-order valence-corrected chi connectivity index (χ0v) is 14.1. The molecular weight excluding hydrogens is 312 g/mol. The number of imidazole rings is 1. The Kier molecular flexibility index (Phi) is 4.48. The van der Waals surface area contributed by atoms with Crippen LogP contribution in [0.3, 0.4) is 0 Å². The van der Waals surface area contributed by atoms with Gasteiger partial charge in [0.15, 0.2) is 0 Å². The summed E-state index contributed by atoms with van der Waals surface area (Å²) in [4.78, 5) is 16.6. The number of amides is 1. The lowest BCUT2D eigenvalue weighted by Gasteiger charge is -2.12. The second kappa shape index (κ2) is 7.07. The summed E-state index contributed by atoms with van der Waals surface area (Å²) in [5.41, 5.74) is 4.46. The van der Waals surface area contributed by atoms with E-state index in [4.69, 9.17) is 0 Å². The van der Waals surface area contributed by atoms with Gasteiger partial charge in [-0.1, -0.05) is 36.4 Å². The molecule has 4 rings (SSSR count). The van der Waals surface area contributed by atoms with E-state index in [0.717, 1.165) is 42.5 Å². The van der Waals surface area contributed by atoms with Crippen molar-refractivity contribution >= 4 is 16.9 Å². The molecule has 0 saturated carbocycles. The second-order valence-electron chi connectivity index (χ2n) is 6.55. The van der Waals surface area contributed by atoms with Crippen molar-refractivity contribution < 1.29 is 4.79 Å². The fraction of sp³-hybridized carbons (Fsp3) is 0.300. The topological polar surface area (TPSA) is 59.0 Å². The first-order valence-electron chi connectivity index (χ1n) is 8.78. The van der Waals surface area contributed by atoms with E-state index >= 15 is 0 Å². The highest BCUT2D eigenvalue weighted by Gasteiger charge is 2.21. The maximum absolute atomic E-state index is 12.1. The van der Waals surface area contributed by atoms with Crippen LogP contribution in [0.25, 0.3) is 11.0 Å². The van der Waals surface area contributed by atoms with Crippen LogP contribution in [0.5, 0.6) is 0 Å². The molecule has 25 heavy (non-hydrogen) atoms. The number of para-hydroxylation sites is 2. The minimum absolute atomic E-state index is 0.0273. The van der Waals surface area contributed by atoms with Crippen LogP contribution in [0.4, 0.5) is 0 Å². The number of nitrogens with one attached hydrogen (secondary N) is 2. The summed E-state index contributed by atoms with van der Waals surface area (Å²) >= 11 is 0. The summed E-state index contributed by atoms with van der Waals surface area (Å²) in [6.07, 6.45) is 3.89. The molecule has 1 saturated heterocycles. The minimum Gasteiger partial charge on any atom is -0.351 e. The van der Waals surface area contributed by atoms with Crippen LogP contribution in [0.15, 0.2) is 54.9 Å². The van der Waals surface area contributed by atoms with Gasteiger partial charge in [0.05, 0.1) is 23.4 Å². The van der Waals surface area contributed by atoms with Crippen molar-refractivity contribution in [1.82, 2.24) is 20.2 Å². The highest BCUT2D eigenvalue weighted by molar-refractivity contribution is 5.82. The van der Waals surface area contributed by atoms with Crippen LogP contribution in [-0.2, 0) is 17.9 Å². The summed E-state index contributed by atoms with van der Waals surface area (Å²) in [5, 5.41) is 6.26. The van der Waals surface area contributed by atoms with E-state index in [9.17, 15) is 4.79 Å². The number of rotatable bonds is 5. The van der Waals surface area contributed by atoms with E-state index < -0.39 is 0 Å². The Labute approximate surface area is 147 Å². The molecule has 1 amide bonds. The van der Waals surface area contributed by atoms with Gasteiger partial charge in [0, 0.05) is 13.1 Å². The molecule has 0 bridgehead atoms. The second-order valence-corrected chi connectivity index (χ2v) is 6.55. The molecule has 3 aromatic rings. The van der Waals surface area contributed by atoms with Gasteiger partial charge in [-0.05, 0) is 42.6 Å². The Morgan fingerprint density at radius 2 is 2.08 bits per heavy atom. The molecule has 0 unspecified atom stereocenters.